The second-order valence-corrected chi connectivity index (χ2v) is 54.2. The zero-order chi connectivity index (χ0) is 51.9. The number of hydrogen-bond acceptors (Lipinski definition) is 15. The van der Waals surface area contributed by atoms with Crippen molar-refractivity contribution >= 4 is 132 Å². The summed E-state index contributed by atoms with van der Waals surface area (Å²) in [5, 5.41) is 3.72. The Hall–Kier alpha value is -3.67. The van der Waals surface area contributed by atoms with Gasteiger partial charge in [0.05, 0.1) is 0 Å². The molecule has 7 aromatic rings. The maximum atomic E-state index is 8.31. The Morgan fingerprint density at radius 2 is 0.307 bits per heavy atom. The predicted molar refractivity (Wildman–Crippen MR) is 303 cm³/mol. The molecule has 6 aliphatic rings. The highest BCUT2D eigenvalue weighted by molar-refractivity contribution is 7.12. The number of rotatable bonds is 7. The average molecular weight is 1190 g/mol. The van der Waals surface area contributed by atoms with E-state index in [1.807, 2.05) is 258 Å². The van der Waals surface area contributed by atoms with Gasteiger partial charge in [-0.2, -0.15) is 0 Å². The molecule has 0 N–H and O–H groups in total. The minimum Gasteiger partial charge on any atom is -0.395 e. The van der Waals surface area contributed by atoms with Crippen molar-refractivity contribution in [1.29, 1.82) is 0 Å². The fourth-order valence-corrected chi connectivity index (χ4v) is 70.1. The topological polar surface area (TPSA) is 138 Å². The maximum absolute atomic E-state index is 8.31. The Morgan fingerprint density at radius 1 is 0.173 bits per heavy atom. The van der Waals surface area contributed by atoms with Gasteiger partial charge in [-0.05, 0) is 39.3 Å². The lowest BCUT2D eigenvalue weighted by Crippen LogP contribution is -2.92. The highest BCUT2D eigenvalue weighted by atomic mass is 28.6. The van der Waals surface area contributed by atoms with Crippen molar-refractivity contribution in [3.8, 4) is 0 Å². The molecule has 6 fully saturated rings. The van der Waals surface area contributed by atoms with E-state index in [0.717, 1.165) is 0 Å². The SMILES string of the molecule is C[Si]1(C)O[Si]2(C)O[Si](C)(C)O[Si]3(c4ccccc4)O[Si]4(c5ccccc5)O[Si](c5ccccc5)(O1)O[Si]1(c5ccccc5)O[Si](c5ccccc5)(O[Si](C)(C)O2)O[Si](c2ccccc2)(O3)O[Si](c2ccccc2)(O4)O1. The van der Waals surface area contributed by atoms with E-state index in [9.17, 15) is 0 Å². The van der Waals surface area contributed by atoms with Gasteiger partial charge in [-0.15, -0.1) is 0 Å². The lowest BCUT2D eigenvalue weighted by molar-refractivity contribution is 0.0296. The molecule has 6 heterocycles. The summed E-state index contributed by atoms with van der Waals surface area (Å²) in [7, 11) is -49.7. The lowest BCUT2D eigenvalue weighted by atomic mass is 10.4. The van der Waals surface area contributed by atoms with Gasteiger partial charge < -0.3 is 61.7 Å². The molecule has 6 aliphatic heterocycles. The van der Waals surface area contributed by atoms with E-state index >= 15 is 0 Å². The average Bonchev–Trinajstić information content (AvgIpc) is 3.44. The van der Waals surface area contributed by atoms with Crippen LogP contribution in [0.3, 0.4) is 0 Å². The van der Waals surface area contributed by atoms with Gasteiger partial charge in [-0.3, -0.25) is 0 Å². The highest BCUT2D eigenvalue weighted by Gasteiger charge is 2.82. The van der Waals surface area contributed by atoms with Crippen LogP contribution in [0, 0.1) is 0 Å². The van der Waals surface area contributed by atoms with Gasteiger partial charge in [0.1, 0.15) is 0 Å². The lowest BCUT2D eigenvalue weighted by Gasteiger charge is -2.60. The van der Waals surface area contributed by atoms with Gasteiger partial charge in [-0.1, -0.05) is 212 Å². The number of benzene rings is 7. The summed E-state index contributed by atoms with van der Waals surface area (Å²) >= 11 is 0. The molecule has 7 aromatic carbocycles. The van der Waals surface area contributed by atoms with E-state index < -0.39 is 96.1 Å². The number of fused-ring (bicyclic) bond motifs is 6. The summed E-state index contributed by atoms with van der Waals surface area (Å²) in [6, 6.07) is 67.2. The van der Waals surface area contributed by atoms with Crippen molar-refractivity contribution in [1.82, 2.24) is 0 Å². The summed E-state index contributed by atoms with van der Waals surface area (Å²) in [6.07, 6.45) is 0. The highest BCUT2D eigenvalue weighted by Crippen LogP contribution is 2.46. The Labute approximate surface area is 449 Å². The van der Waals surface area contributed by atoms with Crippen LogP contribution in [0.1, 0.15) is 0 Å². The molecule has 0 aromatic heterocycles. The molecule has 0 spiro atoms. The Balaban J connectivity index is 1.34. The third kappa shape index (κ3) is 9.66. The van der Waals surface area contributed by atoms with Crippen LogP contribution in [0.5, 0.6) is 0 Å². The van der Waals surface area contributed by atoms with Crippen LogP contribution in [0.15, 0.2) is 212 Å². The molecule has 26 heteroatoms. The van der Waals surface area contributed by atoms with E-state index in [2.05, 4.69) is 0 Å². The molecule has 13 rings (SSSR count). The first-order chi connectivity index (χ1) is 35.8. The van der Waals surface area contributed by atoms with Crippen LogP contribution >= 0.6 is 0 Å². The molecule has 6 saturated heterocycles. The first kappa shape index (κ1) is 52.0. The van der Waals surface area contributed by atoms with Crippen molar-refractivity contribution < 1.29 is 61.7 Å². The summed E-state index contributed by atoms with van der Waals surface area (Å²) in [4.78, 5) is 0. The first-order valence-corrected chi connectivity index (χ1v) is 47.5. The third-order valence-corrected chi connectivity index (χ3v) is 58.8. The van der Waals surface area contributed by atoms with Gasteiger partial charge in [0.25, 0.3) is 0 Å². The van der Waals surface area contributed by atoms with E-state index in [-0.39, 0.29) is 0 Å². The van der Waals surface area contributed by atoms with Crippen molar-refractivity contribution in [3.63, 3.8) is 0 Å². The molecule has 0 radical (unpaired) electrons. The molecule has 75 heavy (non-hydrogen) atoms. The van der Waals surface area contributed by atoms with E-state index in [1.54, 1.807) is 0 Å². The van der Waals surface area contributed by atoms with E-state index in [0.29, 0.717) is 36.3 Å². The molecule has 386 valence electrons. The van der Waals surface area contributed by atoms with E-state index in [1.165, 1.54) is 0 Å². The minimum atomic E-state index is -4.95. The number of hydrogen-bond donors (Lipinski definition) is 0. The summed E-state index contributed by atoms with van der Waals surface area (Å²) < 4.78 is 121. The quantitative estimate of drug-likeness (QED) is 0.200. The van der Waals surface area contributed by atoms with Crippen LogP contribution in [0.2, 0.25) is 45.8 Å². The van der Waals surface area contributed by atoms with Crippen LogP contribution in [0.25, 0.3) is 0 Å². The molecule has 15 nitrogen and oxygen atoms in total. The van der Waals surface area contributed by atoms with Crippen LogP contribution in [0.4, 0.5) is 0 Å². The van der Waals surface area contributed by atoms with Crippen molar-refractivity contribution in [3.05, 3.63) is 212 Å². The third-order valence-electron chi connectivity index (χ3n) is 12.7. The standard InChI is InChI=1S/C49H56O15Si11/c1-65(2)50-68(7)51-66(3,4)54-70(44-31-17-9-18-32-44)58-72(46-35-21-11-22-36-46)56-69(53-65,43-29-15-8-16-30-43)57-73(47-37-23-12-24-38-47)59-71(55-67(5,6)52-68,45-33-19-10-20-34-45)61-74(60-70,48-39-25-13-26-40-48)64-75(62-72,63-73)49-41-27-14-28-42-49/h8-42H,1-7H3. The van der Waals surface area contributed by atoms with Gasteiger partial charge in [0.15, 0.2) is 0 Å². The largest absolute Gasteiger partial charge is 0.515 e. The molecule has 0 saturated carbocycles. The second-order valence-electron chi connectivity index (χ2n) is 20.0. The zero-order valence-corrected chi connectivity index (χ0v) is 53.3. The molecule has 0 aliphatic carbocycles. The Kier molecular flexibility index (Phi) is 13.2. The van der Waals surface area contributed by atoms with Gasteiger partial charge in [0, 0.05) is 42.9 Å². The summed E-state index contributed by atoms with van der Waals surface area (Å²) in [5.74, 6) is 0. The fourth-order valence-electron chi connectivity index (χ4n) is 10.2. The minimum absolute atomic E-state index is 0.525. The van der Waals surface area contributed by atoms with Gasteiger partial charge >= 0.3 is 96.1 Å². The normalized spacial score (nSPS) is 34.8. The summed E-state index contributed by atoms with van der Waals surface area (Å²) in [5.41, 5.74) is 0. The van der Waals surface area contributed by atoms with E-state index in [4.69, 9.17) is 61.7 Å². The Morgan fingerprint density at radius 3 is 0.453 bits per heavy atom. The predicted octanol–water partition coefficient (Wildman–Crippen LogP) is 4.90. The van der Waals surface area contributed by atoms with Crippen molar-refractivity contribution in [2.75, 3.05) is 0 Å². The smallest absolute Gasteiger partial charge is 0.395 e. The monoisotopic (exact) mass is 1190 g/mol. The van der Waals surface area contributed by atoms with Crippen molar-refractivity contribution in [2.24, 2.45) is 0 Å². The Bertz CT molecular complexity index is 2830. The molecule has 8 bridgehead atoms. The zero-order valence-electron chi connectivity index (χ0n) is 42.3. The molecular formula is C49H56O15Si11. The summed E-state index contributed by atoms with van der Waals surface area (Å²) in [6.45, 7) is 13.5. The van der Waals surface area contributed by atoms with Crippen LogP contribution in [-0.2, 0) is 61.7 Å². The molecule has 0 unspecified atom stereocenters. The van der Waals surface area contributed by atoms with Crippen LogP contribution in [-0.4, -0.2) is 96.1 Å². The molecule has 0 atom stereocenters. The second kappa shape index (κ2) is 19.0. The fraction of sp³-hybridized carbons (Fsp3) is 0.143. The van der Waals surface area contributed by atoms with Gasteiger partial charge in [-0.25, -0.2) is 0 Å². The van der Waals surface area contributed by atoms with Crippen molar-refractivity contribution in [2.45, 2.75) is 45.8 Å². The molecular weight excluding hydrogens is 1140 g/mol. The molecule has 0 amide bonds. The van der Waals surface area contributed by atoms with Gasteiger partial charge in [0.2, 0.25) is 0 Å². The maximum Gasteiger partial charge on any atom is 0.515 e. The van der Waals surface area contributed by atoms with Crippen LogP contribution < -0.4 is 36.3 Å². The first-order valence-electron chi connectivity index (χ1n) is 24.7.